The molecule has 0 aliphatic heterocycles. The molecule has 0 saturated heterocycles. The Hall–Kier alpha value is -2.36. The second kappa shape index (κ2) is 9.62. The zero-order valence-corrected chi connectivity index (χ0v) is 13.6. The minimum atomic E-state index is 0.743. The van der Waals surface area contributed by atoms with E-state index < -0.39 is 0 Å². The minimum Gasteiger partial charge on any atom is -0.497 e. The molecule has 1 radical (unpaired) electrons. The van der Waals surface area contributed by atoms with Gasteiger partial charge in [-0.3, -0.25) is 0 Å². The maximum Gasteiger partial charge on any atom is 0.119 e. The lowest BCUT2D eigenvalue weighted by Crippen LogP contribution is -1.96. The molecule has 0 fully saturated rings. The molecule has 0 atom stereocenters. The van der Waals surface area contributed by atoms with Gasteiger partial charge < -0.3 is 9.47 Å². The van der Waals surface area contributed by atoms with Crippen LogP contribution in [0.15, 0.2) is 58.8 Å². The van der Waals surface area contributed by atoms with Crippen LogP contribution in [0, 0.1) is 6.92 Å². The molecule has 0 heterocycles. The highest BCUT2D eigenvalue weighted by Gasteiger charge is 1.96. The van der Waals surface area contributed by atoms with Gasteiger partial charge >= 0.3 is 0 Å². The van der Waals surface area contributed by atoms with Crippen LogP contribution >= 0.6 is 0 Å². The largest absolute Gasteiger partial charge is 0.497 e. The summed E-state index contributed by atoms with van der Waals surface area (Å²) in [6.07, 6.45) is 4.38. The van der Waals surface area contributed by atoms with Crippen LogP contribution in [0.3, 0.4) is 0 Å². The fraction of sp³-hybridized carbons (Fsp3) is 0.316. The van der Waals surface area contributed by atoms with Crippen LogP contribution in [-0.2, 0) is 0 Å². The van der Waals surface area contributed by atoms with Crippen molar-refractivity contribution in [2.45, 2.75) is 25.7 Å². The van der Waals surface area contributed by atoms with Crippen molar-refractivity contribution in [3.63, 3.8) is 0 Å². The van der Waals surface area contributed by atoms with Gasteiger partial charge in [0.15, 0.2) is 0 Å². The van der Waals surface area contributed by atoms with E-state index in [-0.39, 0.29) is 0 Å². The quantitative estimate of drug-likeness (QED) is 0.428. The summed E-state index contributed by atoms with van der Waals surface area (Å²) >= 11 is 0. The van der Waals surface area contributed by atoms with Crippen LogP contribution in [0.25, 0.3) is 0 Å². The summed E-state index contributed by atoms with van der Waals surface area (Å²) in [6.45, 7) is 4.58. The van der Waals surface area contributed by atoms with E-state index in [1.807, 2.05) is 48.5 Å². The molecule has 23 heavy (non-hydrogen) atoms. The van der Waals surface area contributed by atoms with Gasteiger partial charge in [-0.25, -0.2) is 0 Å². The third-order valence-corrected chi connectivity index (χ3v) is 3.35. The summed E-state index contributed by atoms with van der Waals surface area (Å²) < 4.78 is 10.8. The van der Waals surface area contributed by atoms with Crippen molar-refractivity contribution in [3.8, 4) is 11.5 Å². The zero-order chi connectivity index (χ0) is 16.3. The number of hydrogen-bond donors (Lipinski definition) is 0. The van der Waals surface area contributed by atoms with E-state index in [2.05, 4.69) is 17.2 Å². The highest BCUT2D eigenvalue weighted by Crippen LogP contribution is 2.23. The Balaban J connectivity index is 1.82. The lowest BCUT2D eigenvalue weighted by Gasteiger charge is -2.05. The third-order valence-electron chi connectivity index (χ3n) is 3.35. The fourth-order valence-corrected chi connectivity index (χ4v) is 2.02. The number of azo groups is 1. The number of rotatable bonds is 9. The molecule has 2 rings (SSSR count). The third kappa shape index (κ3) is 6.10. The van der Waals surface area contributed by atoms with Crippen LogP contribution in [0.1, 0.15) is 25.7 Å². The van der Waals surface area contributed by atoms with Crippen molar-refractivity contribution < 1.29 is 9.47 Å². The summed E-state index contributed by atoms with van der Waals surface area (Å²) in [5.41, 5.74) is 1.58. The minimum absolute atomic E-state index is 0.743. The summed E-state index contributed by atoms with van der Waals surface area (Å²) in [4.78, 5) is 0. The first kappa shape index (κ1) is 17.0. The van der Waals surface area contributed by atoms with E-state index in [9.17, 15) is 0 Å². The van der Waals surface area contributed by atoms with Crippen molar-refractivity contribution in [1.82, 2.24) is 0 Å². The van der Waals surface area contributed by atoms with E-state index in [0.717, 1.165) is 55.2 Å². The van der Waals surface area contributed by atoms with Gasteiger partial charge in [-0.1, -0.05) is 26.2 Å². The fourth-order valence-electron chi connectivity index (χ4n) is 2.02. The van der Waals surface area contributed by atoms with Crippen LogP contribution < -0.4 is 9.47 Å². The molecule has 2 aromatic rings. The predicted molar refractivity (Wildman–Crippen MR) is 92.9 cm³/mol. The van der Waals surface area contributed by atoms with Crippen molar-refractivity contribution in [3.05, 3.63) is 55.5 Å². The van der Waals surface area contributed by atoms with Crippen LogP contribution in [-0.4, -0.2) is 13.7 Å². The standard InChI is InChI=1S/C19H23N2O2/c1-3-4-5-6-15-23-19-13-9-17(10-14-19)21-20-16-7-11-18(22-2)12-8-16/h7-14H,1,3-6,15H2,2H3/b21-20+. The predicted octanol–water partition coefficient (Wildman–Crippen LogP) is 5.88. The first-order valence-electron chi connectivity index (χ1n) is 7.90. The molecule has 0 aromatic heterocycles. The van der Waals surface area contributed by atoms with Gasteiger partial charge in [-0.05, 0) is 55.0 Å². The van der Waals surface area contributed by atoms with Crippen molar-refractivity contribution in [1.29, 1.82) is 0 Å². The first-order chi connectivity index (χ1) is 11.3. The number of methoxy groups -OCH3 is 1. The Kier molecular flexibility index (Phi) is 7.11. The summed E-state index contributed by atoms with van der Waals surface area (Å²) in [7, 11) is 1.64. The monoisotopic (exact) mass is 311 g/mol. The van der Waals surface area contributed by atoms with Crippen LogP contribution in [0.4, 0.5) is 11.4 Å². The van der Waals surface area contributed by atoms with E-state index in [1.165, 1.54) is 0 Å². The first-order valence-corrected chi connectivity index (χ1v) is 7.90. The molecule has 0 aliphatic carbocycles. The summed E-state index contributed by atoms with van der Waals surface area (Å²) in [5.74, 6) is 1.67. The number of hydrogen-bond acceptors (Lipinski definition) is 4. The topological polar surface area (TPSA) is 43.2 Å². The average molecular weight is 311 g/mol. The van der Waals surface area contributed by atoms with Gasteiger partial charge in [0.05, 0.1) is 25.1 Å². The van der Waals surface area contributed by atoms with Crippen LogP contribution in [0.2, 0.25) is 0 Å². The second-order valence-electron chi connectivity index (χ2n) is 5.15. The molecular formula is C19H23N2O2. The molecule has 0 aliphatic rings. The molecule has 0 spiro atoms. The van der Waals surface area contributed by atoms with Crippen molar-refractivity contribution in [2.75, 3.05) is 13.7 Å². The maximum atomic E-state index is 5.69. The van der Waals surface area contributed by atoms with E-state index >= 15 is 0 Å². The van der Waals surface area contributed by atoms with Crippen molar-refractivity contribution >= 4 is 11.4 Å². The molecular weight excluding hydrogens is 288 g/mol. The van der Waals surface area contributed by atoms with Gasteiger partial charge in [0.25, 0.3) is 0 Å². The Morgan fingerprint density at radius 3 is 1.87 bits per heavy atom. The van der Waals surface area contributed by atoms with Gasteiger partial charge in [-0.2, -0.15) is 10.2 Å². The highest BCUT2D eigenvalue weighted by molar-refractivity contribution is 5.44. The Morgan fingerprint density at radius 2 is 1.35 bits per heavy atom. The maximum absolute atomic E-state index is 5.69. The van der Waals surface area contributed by atoms with Gasteiger partial charge in [0.2, 0.25) is 0 Å². The van der Waals surface area contributed by atoms with E-state index in [1.54, 1.807) is 7.11 Å². The molecule has 0 bridgehead atoms. The molecule has 0 N–H and O–H groups in total. The molecule has 4 nitrogen and oxygen atoms in total. The van der Waals surface area contributed by atoms with Gasteiger partial charge in [-0.15, -0.1) is 0 Å². The second-order valence-corrected chi connectivity index (χ2v) is 5.15. The molecule has 0 amide bonds. The van der Waals surface area contributed by atoms with Gasteiger partial charge in [0.1, 0.15) is 11.5 Å². The SMILES string of the molecule is [CH2]CCCCCOc1ccc(/N=N/c2ccc(OC)cc2)cc1. The van der Waals surface area contributed by atoms with Crippen molar-refractivity contribution in [2.24, 2.45) is 10.2 Å². The Morgan fingerprint density at radius 1 is 0.783 bits per heavy atom. The van der Waals surface area contributed by atoms with Crippen LogP contribution in [0.5, 0.6) is 11.5 Å². The number of unbranched alkanes of at least 4 members (excludes halogenated alkanes) is 3. The zero-order valence-electron chi connectivity index (χ0n) is 13.6. The highest BCUT2D eigenvalue weighted by atomic mass is 16.5. The molecule has 2 aromatic carbocycles. The number of benzene rings is 2. The Bertz CT molecular complexity index is 592. The van der Waals surface area contributed by atoms with E-state index in [0.29, 0.717) is 0 Å². The average Bonchev–Trinajstić information content (AvgIpc) is 2.61. The summed E-state index contributed by atoms with van der Waals surface area (Å²) in [6, 6.07) is 15.1. The normalized spacial score (nSPS) is 10.9. The summed E-state index contributed by atoms with van der Waals surface area (Å²) in [5, 5.41) is 8.42. The van der Waals surface area contributed by atoms with E-state index in [4.69, 9.17) is 9.47 Å². The molecule has 121 valence electrons. The molecule has 0 unspecified atom stereocenters. The lowest BCUT2D eigenvalue weighted by molar-refractivity contribution is 0.305. The number of ether oxygens (including phenoxy) is 2. The lowest BCUT2D eigenvalue weighted by atomic mass is 10.2. The van der Waals surface area contributed by atoms with Gasteiger partial charge in [0, 0.05) is 0 Å². The Labute approximate surface area is 138 Å². The smallest absolute Gasteiger partial charge is 0.119 e. The number of nitrogens with zero attached hydrogens (tertiary/aromatic N) is 2. The molecule has 0 saturated carbocycles. The molecule has 4 heteroatoms.